The molecule has 0 aliphatic heterocycles. The summed E-state index contributed by atoms with van der Waals surface area (Å²) in [6.45, 7) is 0.291. The van der Waals surface area contributed by atoms with Crippen molar-refractivity contribution in [1.82, 2.24) is 19.5 Å². The van der Waals surface area contributed by atoms with E-state index in [1.807, 2.05) is 6.07 Å². The second kappa shape index (κ2) is 8.64. The van der Waals surface area contributed by atoms with Gasteiger partial charge in [0.25, 0.3) is 5.56 Å². The molecule has 1 aliphatic carbocycles. The predicted molar refractivity (Wildman–Crippen MR) is 109 cm³/mol. The quantitative estimate of drug-likeness (QED) is 0.592. The molecule has 0 spiro atoms. The SMILES string of the molecule is Cc1cnc2cc(C3CCCCC3)c(=O)n(Cc3ncccc3OCC(F)(F)F)c2n1. The van der Waals surface area contributed by atoms with Gasteiger partial charge in [-0.05, 0) is 43.9 Å². The average molecular weight is 432 g/mol. The van der Waals surface area contributed by atoms with Gasteiger partial charge in [-0.3, -0.25) is 19.3 Å². The number of halogens is 3. The van der Waals surface area contributed by atoms with Crippen molar-refractivity contribution >= 4 is 11.2 Å². The minimum atomic E-state index is -4.47. The average Bonchev–Trinajstić information content (AvgIpc) is 2.75. The molecule has 0 unspecified atom stereocenters. The molecule has 3 heterocycles. The summed E-state index contributed by atoms with van der Waals surface area (Å²) in [6, 6.07) is 4.73. The monoisotopic (exact) mass is 432 g/mol. The van der Waals surface area contributed by atoms with Crippen LogP contribution in [0.2, 0.25) is 0 Å². The Morgan fingerprint density at radius 2 is 1.97 bits per heavy atom. The number of nitrogens with zero attached hydrogens (tertiary/aromatic N) is 4. The Morgan fingerprint density at radius 1 is 1.19 bits per heavy atom. The summed E-state index contributed by atoms with van der Waals surface area (Å²) in [6.07, 6.45) is 3.79. The van der Waals surface area contributed by atoms with Crippen LogP contribution in [0.3, 0.4) is 0 Å². The van der Waals surface area contributed by atoms with Gasteiger partial charge < -0.3 is 4.74 Å². The molecule has 1 aliphatic rings. The van der Waals surface area contributed by atoms with Crippen LogP contribution in [0.5, 0.6) is 5.75 Å². The molecular formula is C22H23F3N4O2. The minimum Gasteiger partial charge on any atom is -0.482 e. The third kappa shape index (κ3) is 4.86. The molecule has 3 aromatic rings. The molecule has 0 saturated heterocycles. The Morgan fingerprint density at radius 3 is 2.71 bits per heavy atom. The van der Waals surface area contributed by atoms with Crippen LogP contribution >= 0.6 is 0 Å². The van der Waals surface area contributed by atoms with Crippen LogP contribution in [0.15, 0.2) is 35.4 Å². The maximum Gasteiger partial charge on any atom is 0.422 e. The van der Waals surface area contributed by atoms with Crippen LogP contribution in [0.25, 0.3) is 11.2 Å². The van der Waals surface area contributed by atoms with Crippen molar-refractivity contribution in [1.29, 1.82) is 0 Å². The van der Waals surface area contributed by atoms with Crippen LogP contribution in [0.4, 0.5) is 13.2 Å². The van der Waals surface area contributed by atoms with E-state index in [0.717, 1.165) is 32.1 Å². The van der Waals surface area contributed by atoms with E-state index in [1.165, 1.54) is 22.9 Å². The molecule has 3 aromatic heterocycles. The maximum absolute atomic E-state index is 13.5. The van der Waals surface area contributed by atoms with E-state index in [1.54, 1.807) is 13.1 Å². The summed E-state index contributed by atoms with van der Waals surface area (Å²) in [7, 11) is 0. The topological polar surface area (TPSA) is 69.9 Å². The summed E-state index contributed by atoms with van der Waals surface area (Å²) in [5.41, 5.74) is 2.32. The molecular weight excluding hydrogens is 409 g/mol. The summed E-state index contributed by atoms with van der Waals surface area (Å²) < 4.78 is 44.4. The third-order valence-corrected chi connectivity index (χ3v) is 5.53. The largest absolute Gasteiger partial charge is 0.482 e. The predicted octanol–water partition coefficient (Wildman–Crippen LogP) is 4.53. The lowest BCUT2D eigenvalue weighted by molar-refractivity contribution is -0.153. The van der Waals surface area contributed by atoms with Crippen LogP contribution in [-0.4, -0.2) is 32.3 Å². The van der Waals surface area contributed by atoms with E-state index >= 15 is 0 Å². The van der Waals surface area contributed by atoms with E-state index in [4.69, 9.17) is 4.74 Å². The van der Waals surface area contributed by atoms with Crippen molar-refractivity contribution in [2.24, 2.45) is 0 Å². The maximum atomic E-state index is 13.5. The smallest absolute Gasteiger partial charge is 0.422 e. The van der Waals surface area contributed by atoms with Crippen molar-refractivity contribution < 1.29 is 17.9 Å². The number of hydrogen-bond acceptors (Lipinski definition) is 5. The van der Waals surface area contributed by atoms with Gasteiger partial charge in [0.2, 0.25) is 0 Å². The molecule has 0 atom stereocenters. The second-order valence-electron chi connectivity index (χ2n) is 7.90. The number of rotatable bonds is 5. The zero-order valence-electron chi connectivity index (χ0n) is 17.2. The molecule has 164 valence electrons. The highest BCUT2D eigenvalue weighted by Crippen LogP contribution is 2.32. The number of aryl methyl sites for hydroxylation is 1. The van der Waals surface area contributed by atoms with Gasteiger partial charge in [0, 0.05) is 18.0 Å². The Labute approximate surface area is 177 Å². The van der Waals surface area contributed by atoms with Crippen LogP contribution in [-0.2, 0) is 6.54 Å². The van der Waals surface area contributed by atoms with E-state index in [9.17, 15) is 18.0 Å². The van der Waals surface area contributed by atoms with E-state index < -0.39 is 12.8 Å². The standard InChI is InChI=1S/C22H23F3N4O2/c1-14-11-27-17-10-16(15-6-3-2-4-7-15)21(30)29(20(17)28-14)12-18-19(8-5-9-26-18)31-13-22(23,24)25/h5,8-11,15H,2-4,6-7,12-13H2,1H3. The third-order valence-electron chi connectivity index (χ3n) is 5.53. The molecule has 4 rings (SSSR count). The van der Waals surface area contributed by atoms with E-state index in [0.29, 0.717) is 22.4 Å². The highest BCUT2D eigenvalue weighted by Gasteiger charge is 2.29. The zero-order valence-corrected chi connectivity index (χ0v) is 17.2. The Balaban J connectivity index is 1.79. The lowest BCUT2D eigenvalue weighted by Gasteiger charge is -2.23. The van der Waals surface area contributed by atoms with Crippen molar-refractivity contribution in [3.8, 4) is 5.75 Å². The molecule has 0 bridgehead atoms. The molecule has 0 aromatic carbocycles. The molecule has 31 heavy (non-hydrogen) atoms. The second-order valence-corrected chi connectivity index (χ2v) is 7.90. The van der Waals surface area contributed by atoms with Crippen LogP contribution < -0.4 is 10.3 Å². The first-order valence-corrected chi connectivity index (χ1v) is 10.3. The molecule has 1 saturated carbocycles. The summed E-state index contributed by atoms with van der Waals surface area (Å²) in [4.78, 5) is 26.6. The van der Waals surface area contributed by atoms with Gasteiger partial charge in [0.1, 0.15) is 17.0 Å². The van der Waals surface area contributed by atoms with Gasteiger partial charge in [-0.1, -0.05) is 19.3 Å². The summed E-state index contributed by atoms with van der Waals surface area (Å²) in [5, 5.41) is 0. The first kappa shape index (κ1) is 21.3. The number of fused-ring (bicyclic) bond motifs is 1. The lowest BCUT2D eigenvalue weighted by Crippen LogP contribution is -2.28. The highest BCUT2D eigenvalue weighted by molar-refractivity contribution is 5.71. The van der Waals surface area contributed by atoms with E-state index in [-0.39, 0.29) is 29.5 Å². The van der Waals surface area contributed by atoms with Gasteiger partial charge >= 0.3 is 6.18 Å². The minimum absolute atomic E-state index is 0.0106. The number of hydrogen-bond donors (Lipinski definition) is 0. The zero-order chi connectivity index (χ0) is 22.0. The fourth-order valence-electron chi connectivity index (χ4n) is 4.07. The van der Waals surface area contributed by atoms with Gasteiger partial charge in [-0.15, -0.1) is 0 Å². The Bertz CT molecular complexity index is 1140. The van der Waals surface area contributed by atoms with Crippen LogP contribution in [0, 0.1) is 6.92 Å². The van der Waals surface area contributed by atoms with Crippen molar-refractivity contribution in [3.05, 3.63) is 57.9 Å². The molecule has 0 amide bonds. The highest BCUT2D eigenvalue weighted by atomic mass is 19.4. The number of pyridine rings is 2. The number of ether oxygens (including phenoxy) is 1. The summed E-state index contributed by atoms with van der Waals surface area (Å²) >= 11 is 0. The van der Waals surface area contributed by atoms with E-state index in [2.05, 4.69) is 15.0 Å². The first-order valence-electron chi connectivity index (χ1n) is 10.3. The molecule has 1 fully saturated rings. The Hall–Kier alpha value is -2.97. The molecule has 6 nitrogen and oxygen atoms in total. The molecule has 9 heteroatoms. The van der Waals surface area contributed by atoms with Crippen molar-refractivity contribution in [2.75, 3.05) is 6.61 Å². The first-order chi connectivity index (χ1) is 14.8. The number of aromatic nitrogens is 4. The van der Waals surface area contributed by atoms with Crippen molar-refractivity contribution in [2.45, 2.75) is 57.7 Å². The Kier molecular flexibility index (Phi) is 5.93. The normalized spacial score (nSPS) is 15.4. The fourth-order valence-corrected chi connectivity index (χ4v) is 4.07. The lowest BCUT2D eigenvalue weighted by atomic mass is 9.84. The summed E-state index contributed by atoms with van der Waals surface area (Å²) in [5.74, 6) is 0.133. The molecule has 0 N–H and O–H groups in total. The molecule has 0 radical (unpaired) electrons. The van der Waals surface area contributed by atoms with Gasteiger partial charge in [0.05, 0.1) is 12.2 Å². The van der Waals surface area contributed by atoms with Crippen molar-refractivity contribution in [3.63, 3.8) is 0 Å². The van der Waals surface area contributed by atoms with Crippen LogP contribution in [0.1, 0.15) is 55.0 Å². The van der Waals surface area contributed by atoms with Gasteiger partial charge in [0.15, 0.2) is 12.3 Å². The number of alkyl halides is 3. The fraction of sp³-hybridized carbons (Fsp3) is 0.455. The van der Waals surface area contributed by atoms with Gasteiger partial charge in [-0.25, -0.2) is 4.98 Å². The van der Waals surface area contributed by atoms with Gasteiger partial charge in [-0.2, -0.15) is 13.2 Å².